The number of rotatable bonds is 6. The van der Waals surface area contributed by atoms with Gasteiger partial charge in [0, 0.05) is 27.2 Å². The molecule has 0 saturated heterocycles. The van der Waals surface area contributed by atoms with Gasteiger partial charge in [0.15, 0.2) is 6.10 Å². The quantitative estimate of drug-likeness (QED) is 0.387. The average molecular weight is 476 g/mol. The first kappa shape index (κ1) is 21.2. The Morgan fingerprint density at radius 1 is 1.00 bits per heavy atom. The molecule has 31 heavy (non-hydrogen) atoms. The van der Waals surface area contributed by atoms with E-state index < -0.39 is 12.1 Å². The lowest BCUT2D eigenvalue weighted by Gasteiger charge is -2.21. The third-order valence-electron chi connectivity index (χ3n) is 5.39. The Kier molecular flexibility index (Phi) is 6.42. The highest BCUT2D eigenvalue weighted by molar-refractivity contribution is 9.10. The summed E-state index contributed by atoms with van der Waals surface area (Å²) in [7, 11) is 0. The molecule has 3 aromatic rings. The number of carbonyl (C=O) groups excluding carboxylic acids is 2. The van der Waals surface area contributed by atoms with Gasteiger partial charge < -0.3 is 4.74 Å². The van der Waals surface area contributed by atoms with E-state index in [0.717, 1.165) is 20.6 Å². The minimum atomic E-state index is -0.820. The molecule has 1 heterocycles. The summed E-state index contributed by atoms with van der Waals surface area (Å²) in [5.41, 5.74) is 2.12. The van der Waals surface area contributed by atoms with Crippen LogP contribution in [-0.4, -0.2) is 17.9 Å². The summed E-state index contributed by atoms with van der Waals surface area (Å²) in [6.45, 7) is 1.85. The van der Waals surface area contributed by atoms with Crippen LogP contribution < -0.4 is 10.6 Å². The van der Waals surface area contributed by atoms with Crippen molar-refractivity contribution in [2.24, 2.45) is 4.99 Å². The third-order valence-corrected chi connectivity index (χ3v) is 5.92. The number of hydrogen-bond acceptors (Lipinski definition) is 4. The van der Waals surface area contributed by atoms with Gasteiger partial charge in [0.05, 0.1) is 11.4 Å². The van der Waals surface area contributed by atoms with Gasteiger partial charge in [-0.25, -0.2) is 4.79 Å². The second-order valence-corrected chi connectivity index (χ2v) is 8.34. The fraction of sp³-hybridized carbons (Fsp3) is 0.192. The second kappa shape index (κ2) is 9.40. The molecule has 0 N–H and O–H groups in total. The predicted molar refractivity (Wildman–Crippen MR) is 123 cm³/mol. The monoisotopic (exact) mass is 475 g/mol. The SMILES string of the molecule is CCC(OC(=O)C1=c2ccccc2=NC(c2ccc(Br)cc2)C1)C(=O)c1ccccc1. The molecule has 2 atom stereocenters. The van der Waals surface area contributed by atoms with Crippen LogP contribution >= 0.6 is 15.9 Å². The Balaban J connectivity index is 1.65. The zero-order valence-electron chi connectivity index (χ0n) is 17.1. The summed E-state index contributed by atoms with van der Waals surface area (Å²) in [6.07, 6.45) is 0.0158. The van der Waals surface area contributed by atoms with Crippen LogP contribution in [0, 0.1) is 0 Å². The molecule has 0 amide bonds. The molecule has 4 nitrogen and oxygen atoms in total. The molecule has 0 radical (unpaired) electrons. The molecule has 156 valence electrons. The van der Waals surface area contributed by atoms with Crippen LogP contribution in [0.5, 0.6) is 0 Å². The van der Waals surface area contributed by atoms with Crippen LogP contribution in [0.15, 0.2) is 88.3 Å². The number of ketones is 1. The summed E-state index contributed by atoms with van der Waals surface area (Å²) in [6, 6.07) is 24.3. The van der Waals surface area contributed by atoms with E-state index in [2.05, 4.69) is 15.9 Å². The number of nitrogens with zero attached hydrogens (tertiary/aromatic N) is 1. The minimum absolute atomic E-state index is 0.185. The number of hydrogen-bond donors (Lipinski definition) is 0. The Labute approximate surface area is 189 Å². The molecule has 0 aliphatic carbocycles. The minimum Gasteiger partial charge on any atom is -0.451 e. The maximum absolute atomic E-state index is 13.2. The molecule has 0 aromatic heterocycles. The van der Waals surface area contributed by atoms with Gasteiger partial charge in [-0.3, -0.25) is 9.79 Å². The van der Waals surface area contributed by atoms with Crippen molar-refractivity contribution < 1.29 is 14.3 Å². The average Bonchev–Trinajstić information content (AvgIpc) is 2.82. The van der Waals surface area contributed by atoms with Crippen molar-refractivity contribution in [1.82, 2.24) is 0 Å². The molecule has 1 aliphatic heterocycles. The van der Waals surface area contributed by atoms with Crippen molar-refractivity contribution >= 4 is 33.3 Å². The molecule has 0 fully saturated rings. The van der Waals surface area contributed by atoms with Crippen molar-refractivity contribution in [1.29, 1.82) is 0 Å². The van der Waals surface area contributed by atoms with Crippen LogP contribution in [-0.2, 0) is 9.53 Å². The van der Waals surface area contributed by atoms with Crippen LogP contribution in [0.3, 0.4) is 0 Å². The van der Waals surface area contributed by atoms with Gasteiger partial charge in [-0.2, -0.15) is 0 Å². The summed E-state index contributed by atoms with van der Waals surface area (Å²) < 4.78 is 6.73. The number of fused-ring (bicyclic) bond motifs is 1. The van der Waals surface area contributed by atoms with Gasteiger partial charge in [-0.1, -0.05) is 83.5 Å². The molecule has 2 unspecified atom stereocenters. The van der Waals surface area contributed by atoms with Crippen LogP contribution in [0.4, 0.5) is 0 Å². The highest BCUT2D eigenvalue weighted by Crippen LogP contribution is 2.28. The van der Waals surface area contributed by atoms with E-state index in [-0.39, 0.29) is 11.8 Å². The first-order chi connectivity index (χ1) is 15.1. The highest BCUT2D eigenvalue weighted by atomic mass is 79.9. The lowest BCUT2D eigenvalue weighted by Crippen LogP contribution is -2.36. The van der Waals surface area contributed by atoms with Crippen molar-refractivity contribution in [2.75, 3.05) is 0 Å². The number of esters is 1. The standard InChI is InChI=1S/C26H22BrNO3/c1-2-24(25(29)18-8-4-3-5-9-18)31-26(30)21-16-23(17-12-14-19(27)15-13-17)28-22-11-7-6-10-20(21)22/h3-15,23-24H,2,16H2,1H3. The normalized spacial score (nSPS) is 16.1. The summed E-state index contributed by atoms with van der Waals surface area (Å²) >= 11 is 3.46. The van der Waals surface area contributed by atoms with Gasteiger partial charge >= 0.3 is 5.97 Å². The lowest BCUT2D eigenvalue weighted by atomic mass is 9.95. The largest absolute Gasteiger partial charge is 0.451 e. The Hall–Kier alpha value is -3.05. The molecular formula is C26H22BrNO3. The number of benzene rings is 3. The summed E-state index contributed by atoms with van der Waals surface area (Å²) in [5, 5.41) is 1.53. The zero-order chi connectivity index (χ0) is 21.8. The number of ether oxygens (including phenoxy) is 1. The topological polar surface area (TPSA) is 55.7 Å². The summed E-state index contributed by atoms with van der Waals surface area (Å²) in [5.74, 6) is -0.643. The Morgan fingerprint density at radius 2 is 1.68 bits per heavy atom. The molecule has 0 spiro atoms. The smallest absolute Gasteiger partial charge is 0.335 e. The maximum atomic E-state index is 13.2. The van der Waals surface area contributed by atoms with Crippen LogP contribution in [0.1, 0.15) is 41.7 Å². The van der Waals surface area contributed by atoms with E-state index in [1.54, 1.807) is 24.3 Å². The zero-order valence-corrected chi connectivity index (χ0v) is 18.7. The van der Waals surface area contributed by atoms with E-state index in [1.807, 2.05) is 61.5 Å². The molecule has 0 bridgehead atoms. The Morgan fingerprint density at radius 3 is 2.39 bits per heavy atom. The third kappa shape index (κ3) is 4.67. The van der Waals surface area contributed by atoms with Crippen molar-refractivity contribution in [3.63, 3.8) is 0 Å². The first-order valence-electron chi connectivity index (χ1n) is 10.3. The number of Topliss-reactive ketones (excluding diaryl/α,β-unsaturated/α-hetero) is 1. The van der Waals surface area contributed by atoms with Gasteiger partial charge in [0.1, 0.15) is 0 Å². The van der Waals surface area contributed by atoms with Gasteiger partial charge in [0.2, 0.25) is 5.78 Å². The van der Waals surface area contributed by atoms with E-state index >= 15 is 0 Å². The maximum Gasteiger partial charge on any atom is 0.335 e. The van der Waals surface area contributed by atoms with E-state index in [4.69, 9.17) is 9.73 Å². The molecule has 0 saturated carbocycles. The lowest BCUT2D eigenvalue weighted by molar-refractivity contribution is -0.140. The van der Waals surface area contributed by atoms with Crippen LogP contribution in [0.25, 0.3) is 5.57 Å². The number of carbonyl (C=O) groups is 2. The summed E-state index contributed by atoms with van der Waals surface area (Å²) in [4.78, 5) is 30.9. The Bertz CT molecular complexity index is 1220. The predicted octanol–water partition coefficient (Wildman–Crippen LogP) is 4.57. The van der Waals surface area contributed by atoms with Crippen molar-refractivity contribution in [3.05, 3.63) is 105 Å². The van der Waals surface area contributed by atoms with Gasteiger partial charge in [-0.05, 0) is 30.2 Å². The van der Waals surface area contributed by atoms with Gasteiger partial charge in [-0.15, -0.1) is 0 Å². The van der Waals surface area contributed by atoms with Crippen LogP contribution in [0.2, 0.25) is 0 Å². The highest BCUT2D eigenvalue weighted by Gasteiger charge is 2.28. The van der Waals surface area contributed by atoms with Crippen molar-refractivity contribution in [2.45, 2.75) is 31.9 Å². The van der Waals surface area contributed by atoms with E-state index in [0.29, 0.717) is 24.0 Å². The molecule has 3 aromatic carbocycles. The van der Waals surface area contributed by atoms with Crippen molar-refractivity contribution in [3.8, 4) is 0 Å². The molecule has 1 aliphatic rings. The second-order valence-electron chi connectivity index (χ2n) is 7.43. The van der Waals surface area contributed by atoms with E-state index in [9.17, 15) is 9.59 Å². The van der Waals surface area contributed by atoms with Gasteiger partial charge in [0.25, 0.3) is 0 Å². The number of halogens is 1. The molecule has 4 rings (SSSR count). The fourth-order valence-electron chi connectivity index (χ4n) is 3.74. The fourth-order valence-corrected chi connectivity index (χ4v) is 4.00. The molecule has 5 heteroatoms. The first-order valence-corrected chi connectivity index (χ1v) is 11.1. The molecular weight excluding hydrogens is 454 g/mol. The number of para-hydroxylation sites is 1. The van der Waals surface area contributed by atoms with E-state index in [1.165, 1.54) is 0 Å².